The minimum Gasteiger partial charge on any atom is -0.323 e. The van der Waals surface area contributed by atoms with Gasteiger partial charge < -0.3 is 5.32 Å². The summed E-state index contributed by atoms with van der Waals surface area (Å²) in [5.74, 6) is -0.989. The summed E-state index contributed by atoms with van der Waals surface area (Å²) in [7, 11) is -4.00. The van der Waals surface area contributed by atoms with E-state index < -0.39 is 32.3 Å². The van der Waals surface area contributed by atoms with Crippen LogP contribution in [0.3, 0.4) is 0 Å². The highest BCUT2D eigenvalue weighted by Crippen LogP contribution is 2.26. The standard InChI is InChI=1S/C18H13Cl3FN3O4S/c19-17(27)25-7-6-11-8-14(4-5-15(11)25)30(28,29)24-13-3-1-2-12(9-13)23-16(26)18(20,21)10-22/h1-9,24H,10H2,(H,23,26). The molecule has 0 fully saturated rings. The predicted molar refractivity (Wildman–Crippen MR) is 115 cm³/mol. The molecule has 0 saturated carbocycles. The summed E-state index contributed by atoms with van der Waals surface area (Å²) in [6.07, 6.45) is 1.43. The molecule has 1 amide bonds. The Morgan fingerprint density at radius 1 is 1.07 bits per heavy atom. The average Bonchev–Trinajstić information content (AvgIpc) is 3.11. The largest absolute Gasteiger partial charge is 0.324 e. The van der Waals surface area contributed by atoms with Gasteiger partial charge in [0.15, 0.2) is 0 Å². The minimum absolute atomic E-state index is 0.0535. The van der Waals surface area contributed by atoms with Gasteiger partial charge in [-0.05, 0) is 54.1 Å². The van der Waals surface area contributed by atoms with Gasteiger partial charge in [0.25, 0.3) is 15.9 Å². The van der Waals surface area contributed by atoms with Crippen molar-refractivity contribution in [2.45, 2.75) is 9.23 Å². The SMILES string of the molecule is O=C(Cl)n1ccc2cc(S(=O)(=O)Nc3cccc(NC(=O)C(Cl)(Cl)CF)c3)ccc21. The number of amides is 1. The van der Waals surface area contributed by atoms with Crippen LogP contribution in [0.1, 0.15) is 0 Å². The summed E-state index contributed by atoms with van der Waals surface area (Å²) < 4.78 is 39.5. The molecular formula is C18H13Cl3FN3O4S. The van der Waals surface area contributed by atoms with Crippen LogP contribution in [0.4, 0.5) is 20.6 Å². The summed E-state index contributed by atoms with van der Waals surface area (Å²) in [4.78, 5) is 23.2. The Morgan fingerprint density at radius 3 is 2.43 bits per heavy atom. The molecule has 0 spiro atoms. The number of aromatic nitrogens is 1. The van der Waals surface area contributed by atoms with E-state index in [2.05, 4.69) is 10.0 Å². The number of sulfonamides is 1. The zero-order chi connectivity index (χ0) is 22.1. The maximum Gasteiger partial charge on any atom is 0.324 e. The molecule has 0 saturated heterocycles. The summed E-state index contributed by atoms with van der Waals surface area (Å²) in [5, 5.41) is 2.09. The molecule has 2 aromatic carbocycles. The lowest BCUT2D eigenvalue weighted by molar-refractivity contribution is -0.117. The van der Waals surface area contributed by atoms with E-state index in [1.54, 1.807) is 6.07 Å². The molecular weight excluding hydrogens is 480 g/mol. The van der Waals surface area contributed by atoms with Crippen LogP contribution in [-0.4, -0.2) is 35.3 Å². The van der Waals surface area contributed by atoms with Crippen LogP contribution in [0.25, 0.3) is 10.9 Å². The number of carbonyl (C=O) groups excluding carboxylic acids is 2. The Hall–Kier alpha value is -2.33. The maximum absolute atomic E-state index is 12.7. The van der Waals surface area contributed by atoms with Crippen molar-refractivity contribution in [2.24, 2.45) is 0 Å². The van der Waals surface area contributed by atoms with E-state index in [-0.39, 0.29) is 16.3 Å². The lowest BCUT2D eigenvalue weighted by Crippen LogP contribution is -2.34. The van der Waals surface area contributed by atoms with Gasteiger partial charge >= 0.3 is 5.37 Å². The molecule has 1 aromatic heterocycles. The zero-order valence-electron chi connectivity index (χ0n) is 14.9. The third-order valence-electron chi connectivity index (χ3n) is 4.03. The maximum atomic E-state index is 12.7. The lowest BCUT2D eigenvalue weighted by Gasteiger charge is -2.16. The number of halogens is 4. The fourth-order valence-electron chi connectivity index (χ4n) is 2.60. The summed E-state index contributed by atoms with van der Waals surface area (Å²) in [5.41, 5.74) is 0.751. The van der Waals surface area contributed by atoms with Gasteiger partial charge in [0.1, 0.15) is 6.67 Å². The highest BCUT2D eigenvalue weighted by atomic mass is 35.5. The van der Waals surface area contributed by atoms with Crippen molar-refractivity contribution in [3.05, 3.63) is 54.7 Å². The van der Waals surface area contributed by atoms with E-state index in [0.29, 0.717) is 10.9 Å². The van der Waals surface area contributed by atoms with Crippen LogP contribution in [-0.2, 0) is 14.8 Å². The Bertz CT molecular complexity index is 1240. The zero-order valence-corrected chi connectivity index (χ0v) is 18.0. The van der Waals surface area contributed by atoms with Crippen LogP contribution >= 0.6 is 34.8 Å². The third kappa shape index (κ3) is 4.70. The molecule has 0 atom stereocenters. The van der Waals surface area contributed by atoms with Gasteiger partial charge in [0, 0.05) is 17.3 Å². The quantitative estimate of drug-likeness (QED) is 0.384. The van der Waals surface area contributed by atoms with Gasteiger partial charge in [-0.15, -0.1) is 0 Å². The second kappa shape index (κ2) is 8.43. The number of anilines is 2. The van der Waals surface area contributed by atoms with Gasteiger partial charge in [0.05, 0.1) is 16.1 Å². The Kier molecular flexibility index (Phi) is 6.28. The molecule has 0 aliphatic heterocycles. The fraction of sp³-hybridized carbons (Fsp3) is 0.111. The Labute approximate surface area is 185 Å². The molecule has 12 heteroatoms. The van der Waals surface area contributed by atoms with Crippen LogP contribution in [0.2, 0.25) is 0 Å². The van der Waals surface area contributed by atoms with E-state index in [4.69, 9.17) is 34.8 Å². The molecule has 158 valence electrons. The van der Waals surface area contributed by atoms with Crippen molar-refractivity contribution in [1.29, 1.82) is 0 Å². The average molecular weight is 493 g/mol. The van der Waals surface area contributed by atoms with E-state index >= 15 is 0 Å². The summed E-state index contributed by atoms with van der Waals surface area (Å²) in [6, 6.07) is 11.4. The fourth-order valence-corrected chi connectivity index (χ4v) is 3.93. The normalized spacial score (nSPS) is 12.0. The van der Waals surface area contributed by atoms with Crippen LogP contribution < -0.4 is 10.0 Å². The van der Waals surface area contributed by atoms with Crippen molar-refractivity contribution >= 4 is 78.4 Å². The van der Waals surface area contributed by atoms with Crippen LogP contribution in [0, 0.1) is 0 Å². The van der Waals surface area contributed by atoms with E-state index in [1.165, 1.54) is 53.2 Å². The number of benzene rings is 2. The number of carbonyl (C=O) groups is 2. The Balaban J connectivity index is 1.84. The number of nitrogens with one attached hydrogen (secondary N) is 2. The van der Waals surface area contributed by atoms with Gasteiger partial charge in [-0.2, -0.15) is 0 Å². The van der Waals surface area contributed by atoms with Crippen molar-refractivity contribution in [3.8, 4) is 0 Å². The van der Waals surface area contributed by atoms with E-state index in [1.807, 2.05) is 0 Å². The van der Waals surface area contributed by atoms with Crippen LogP contribution in [0.5, 0.6) is 0 Å². The number of rotatable bonds is 6. The number of alkyl halides is 3. The van der Waals surface area contributed by atoms with Gasteiger partial charge in [-0.1, -0.05) is 29.3 Å². The monoisotopic (exact) mass is 491 g/mol. The first-order chi connectivity index (χ1) is 14.0. The van der Waals surface area contributed by atoms with Crippen molar-refractivity contribution in [3.63, 3.8) is 0 Å². The molecule has 0 aliphatic carbocycles. The molecule has 30 heavy (non-hydrogen) atoms. The molecule has 2 N–H and O–H groups in total. The highest BCUT2D eigenvalue weighted by molar-refractivity contribution is 7.92. The molecule has 3 rings (SSSR count). The third-order valence-corrected chi connectivity index (χ3v) is 6.14. The second-order valence-corrected chi connectivity index (χ2v) is 9.63. The first kappa shape index (κ1) is 22.4. The minimum atomic E-state index is -4.00. The molecule has 0 radical (unpaired) electrons. The molecule has 1 heterocycles. The highest BCUT2D eigenvalue weighted by Gasteiger charge is 2.34. The van der Waals surface area contributed by atoms with Crippen molar-refractivity contribution in [2.75, 3.05) is 16.7 Å². The predicted octanol–water partition coefficient (Wildman–Crippen LogP) is 4.73. The topological polar surface area (TPSA) is 97.3 Å². The van der Waals surface area contributed by atoms with Crippen molar-refractivity contribution in [1.82, 2.24) is 4.57 Å². The molecule has 3 aromatic rings. The number of hydrogen-bond donors (Lipinski definition) is 2. The first-order valence-electron chi connectivity index (χ1n) is 8.22. The molecule has 0 aliphatic rings. The molecule has 0 bridgehead atoms. The first-order valence-corrected chi connectivity index (χ1v) is 10.8. The van der Waals surface area contributed by atoms with Gasteiger partial charge in [0.2, 0.25) is 4.33 Å². The smallest absolute Gasteiger partial charge is 0.323 e. The van der Waals surface area contributed by atoms with E-state index in [0.717, 1.165) is 0 Å². The molecule has 7 nitrogen and oxygen atoms in total. The second-order valence-electron chi connectivity index (χ2n) is 6.14. The van der Waals surface area contributed by atoms with Crippen molar-refractivity contribution < 1.29 is 22.4 Å². The van der Waals surface area contributed by atoms with Gasteiger partial charge in [-0.3, -0.25) is 18.9 Å². The molecule has 0 unspecified atom stereocenters. The van der Waals surface area contributed by atoms with Gasteiger partial charge in [-0.25, -0.2) is 12.8 Å². The number of hydrogen-bond acceptors (Lipinski definition) is 4. The van der Waals surface area contributed by atoms with E-state index in [9.17, 15) is 22.4 Å². The summed E-state index contributed by atoms with van der Waals surface area (Å²) in [6.45, 7) is -1.30. The summed E-state index contributed by atoms with van der Waals surface area (Å²) >= 11 is 16.6. The lowest BCUT2D eigenvalue weighted by atomic mass is 10.2. The number of nitrogens with zero attached hydrogens (tertiary/aromatic N) is 1. The number of fused-ring (bicyclic) bond motifs is 1. The Morgan fingerprint density at radius 2 is 1.77 bits per heavy atom. The van der Waals surface area contributed by atoms with Crippen LogP contribution in [0.15, 0.2) is 59.6 Å².